The maximum Gasteiger partial charge on any atom is 0.259 e. The van der Waals surface area contributed by atoms with Crippen LogP contribution in [0.2, 0.25) is 0 Å². The van der Waals surface area contributed by atoms with Gasteiger partial charge < -0.3 is 20.5 Å². The van der Waals surface area contributed by atoms with Gasteiger partial charge in [0.1, 0.15) is 0 Å². The Bertz CT molecular complexity index is 742. The predicted molar refractivity (Wildman–Crippen MR) is 84.9 cm³/mol. The maximum atomic E-state index is 12.4. The zero-order chi connectivity index (χ0) is 15.1. The molecule has 2 heterocycles. The van der Waals surface area contributed by atoms with Crippen molar-refractivity contribution in [3.63, 3.8) is 0 Å². The van der Waals surface area contributed by atoms with Crippen LogP contribution in [0.1, 0.15) is 21.7 Å². The smallest absolute Gasteiger partial charge is 0.259 e. The highest BCUT2D eigenvalue weighted by molar-refractivity contribution is 6.07. The Labute approximate surface area is 133 Å². The predicted octanol–water partition coefficient (Wildman–Crippen LogP) is 2.02. The number of nitrogens with zero attached hydrogens (tertiary/aromatic N) is 2. The van der Waals surface area contributed by atoms with Gasteiger partial charge in [0.15, 0.2) is 11.5 Å². The van der Waals surface area contributed by atoms with Crippen LogP contribution in [-0.2, 0) is 7.05 Å². The fourth-order valence-electron chi connectivity index (χ4n) is 2.35. The van der Waals surface area contributed by atoms with Crippen LogP contribution in [0.5, 0.6) is 11.5 Å². The van der Waals surface area contributed by atoms with Crippen LogP contribution in [0.4, 0.5) is 11.4 Å². The molecule has 0 radical (unpaired) electrons. The fraction of sp³-hybridized carbons (Fsp3) is 0.286. The van der Waals surface area contributed by atoms with Gasteiger partial charge in [-0.15, -0.1) is 12.4 Å². The zero-order valence-electron chi connectivity index (χ0n) is 12.5. The van der Waals surface area contributed by atoms with Crippen LogP contribution >= 0.6 is 12.4 Å². The molecule has 2 aromatic rings. The number of benzene rings is 1. The van der Waals surface area contributed by atoms with Crippen molar-refractivity contribution in [1.29, 1.82) is 0 Å². The SMILES string of the molecule is Cc1nn(C)c(C)c1C(=O)Nc1cc2c(cc1N)OCO2.Cl. The van der Waals surface area contributed by atoms with Gasteiger partial charge in [-0.3, -0.25) is 9.48 Å². The van der Waals surface area contributed by atoms with Gasteiger partial charge >= 0.3 is 0 Å². The van der Waals surface area contributed by atoms with Crippen molar-refractivity contribution >= 4 is 29.7 Å². The largest absolute Gasteiger partial charge is 0.454 e. The molecular weight excluding hydrogens is 308 g/mol. The van der Waals surface area contributed by atoms with Gasteiger partial charge in [-0.05, 0) is 13.8 Å². The van der Waals surface area contributed by atoms with E-state index in [4.69, 9.17) is 15.2 Å². The number of rotatable bonds is 2. The van der Waals surface area contributed by atoms with E-state index in [0.717, 1.165) is 5.69 Å². The highest BCUT2D eigenvalue weighted by Crippen LogP contribution is 2.38. The van der Waals surface area contributed by atoms with Gasteiger partial charge in [0.25, 0.3) is 5.91 Å². The van der Waals surface area contributed by atoms with E-state index >= 15 is 0 Å². The molecule has 0 saturated carbocycles. The number of nitrogens with one attached hydrogen (secondary N) is 1. The quantitative estimate of drug-likeness (QED) is 0.825. The number of hydrogen-bond donors (Lipinski definition) is 2. The number of amides is 1. The molecule has 0 aliphatic carbocycles. The van der Waals surface area contributed by atoms with Crippen LogP contribution in [0.3, 0.4) is 0 Å². The van der Waals surface area contributed by atoms with E-state index in [1.54, 1.807) is 30.8 Å². The molecule has 1 aliphatic heterocycles. The van der Waals surface area contributed by atoms with Gasteiger partial charge in [0, 0.05) is 24.9 Å². The first-order valence-corrected chi connectivity index (χ1v) is 6.48. The third kappa shape index (κ3) is 2.55. The summed E-state index contributed by atoms with van der Waals surface area (Å²) in [7, 11) is 1.80. The average molecular weight is 325 g/mol. The molecule has 3 N–H and O–H groups in total. The van der Waals surface area contributed by atoms with Crippen LogP contribution in [0.25, 0.3) is 0 Å². The van der Waals surface area contributed by atoms with Crippen molar-refractivity contribution in [2.24, 2.45) is 7.05 Å². The number of nitrogens with two attached hydrogens (primary N) is 1. The second-order valence-electron chi connectivity index (χ2n) is 4.92. The lowest BCUT2D eigenvalue weighted by Crippen LogP contribution is -2.15. The molecule has 118 valence electrons. The van der Waals surface area contributed by atoms with Gasteiger partial charge in [-0.25, -0.2) is 0 Å². The molecule has 22 heavy (non-hydrogen) atoms. The standard InChI is InChI=1S/C14H16N4O3.ClH/c1-7-13(8(2)18(3)17-7)14(19)16-10-5-12-11(4-9(10)15)20-6-21-12;/h4-5H,6,15H2,1-3H3,(H,16,19);1H. The number of aromatic nitrogens is 2. The minimum atomic E-state index is -0.247. The number of anilines is 2. The molecule has 7 nitrogen and oxygen atoms in total. The average Bonchev–Trinajstić information content (AvgIpc) is 2.95. The first-order chi connectivity index (χ1) is 9.97. The molecule has 0 bridgehead atoms. The first-order valence-electron chi connectivity index (χ1n) is 6.48. The molecule has 0 atom stereocenters. The Kier molecular flexibility index (Phi) is 4.18. The van der Waals surface area contributed by atoms with E-state index in [9.17, 15) is 4.79 Å². The molecule has 1 amide bonds. The molecule has 0 fully saturated rings. The highest BCUT2D eigenvalue weighted by atomic mass is 35.5. The summed E-state index contributed by atoms with van der Waals surface area (Å²) in [6, 6.07) is 3.30. The third-order valence-electron chi connectivity index (χ3n) is 3.53. The summed E-state index contributed by atoms with van der Waals surface area (Å²) in [4.78, 5) is 12.4. The molecule has 0 unspecified atom stereocenters. The fourth-order valence-corrected chi connectivity index (χ4v) is 2.35. The summed E-state index contributed by atoms with van der Waals surface area (Å²) < 4.78 is 12.2. The number of ether oxygens (including phenoxy) is 2. The van der Waals surface area contributed by atoms with Crippen molar-refractivity contribution in [3.8, 4) is 11.5 Å². The maximum absolute atomic E-state index is 12.4. The Balaban J connectivity index is 0.00000176. The number of nitrogen functional groups attached to an aromatic ring is 1. The molecule has 1 aliphatic rings. The summed E-state index contributed by atoms with van der Waals surface area (Å²) in [5.41, 5.74) is 8.86. The van der Waals surface area contributed by atoms with Crippen molar-refractivity contribution in [1.82, 2.24) is 9.78 Å². The van der Waals surface area contributed by atoms with Crippen LogP contribution in [0, 0.1) is 13.8 Å². The monoisotopic (exact) mass is 324 g/mol. The van der Waals surface area contributed by atoms with E-state index in [0.29, 0.717) is 34.1 Å². The zero-order valence-corrected chi connectivity index (χ0v) is 13.3. The van der Waals surface area contributed by atoms with Crippen LogP contribution in [-0.4, -0.2) is 22.5 Å². The number of carbonyl (C=O) groups is 1. The molecule has 1 aromatic heterocycles. The lowest BCUT2D eigenvalue weighted by atomic mass is 10.1. The molecule has 0 spiro atoms. The summed E-state index contributed by atoms with van der Waals surface area (Å²) in [6.45, 7) is 3.80. The lowest BCUT2D eigenvalue weighted by molar-refractivity contribution is 0.102. The molecule has 8 heteroatoms. The van der Waals surface area contributed by atoms with Crippen molar-refractivity contribution in [2.75, 3.05) is 17.8 Å². The van der Waals surface area contributed by atoms with Crippen molar-refractivity contribution < 1.29 is 14.3 Å². The molecule has 0 saturated heterocycles. The van der Waals surface area contributed by atoms with Crippen molar-refractivity contribution in [3.05, 3.63) is 29.1 Å². The second kappa shape index (κ2) is 5.76. The van der Waals surface area contributed by atoms with Gasteiger partial charge in [0.2, 0.25) is 6.79 Å². The number of halogens is 1. The number of carbonyl (C=O) groups excluding carboxylic acids is 1. The van der Waals surface area contributed by atoms with E-state index in [2.05, 4.69) is 10.4 Å². The Hall–Kier alpha value is -2.41. The molecule has 3 rings (SSSR count). The lowest BCUT2D eigenvalue weighted by Gasteiger charge is -2.09. The summed E-state index contributed by atoms with van der Waals surface area (Å²) in [5, 5.41) is 7.03. The minimum absolute atomic E-state index is 0. The second-order valence-corrected chi connectivity index (χ2v) is 4.92. The third-order valence-corrected chi connectivity index (χ3v) is 3.53. The summed E-state index contributed by atoms with van der Waals surface area (Å²) in [5.74, 6) is 0.905. The normalized spacial score (nSPS) is 12.0. The number of fused-ring (bicyclic) bond motifs is 1. The van der Waals surface area contributed by atoms with E-state index in [1.165, 1.54) is 0 Å². The Morgan fingerprint density at radius 3 is 2.55 bits per heavy atom. The first kappa shape index (κ1) is 16.0. The number of hydrogen-bond acceptors (Lipinski definition) is 5. The van der Waals surface area contributed by atoms with Gasteiger partial charge in [-0.1, -0.05) is 0 Å². The van der Waals surface area contributed by atoms with Crippen LogP contribution < -0.4 is 20.5 Å². The Morgan fingerprint density at radius 1 is 1.32 bits per heavy atom. The minimum Gasteiger partial charge on any atom is -0.454 e. The van der Waals surface area contributed by atoms with Crippen molar-refractivity contribution in [2.45, 2.75) is 13.8 Å². The van der Waals surface area contributed by atoms with E-state index in [-0.39, 0.29) is 25.1 Å². The number of aryl methyl sites for hydroxylation is 2. The molecule has 1 aromatic carbocycles. The summed E-state index contributed by atoms with van der Waals surface area (Å²) in [6.07, 6.45) is 0. The summed E-state index contributed by atoms with van der Waals surface area (Å²) >= 11 is 0. The Morgan fingerprint density at radius 2 is 1.95 bits per heavy atom. The van der Waals surface area contributed by atoms with E-state index < -0.39 is 0 Å². The van der Waals surface area contributed by atoms with Crippen LogP contribution in [0.15, 0.2) is 12.1 Å². The van der Waals surface area contributed by atoms with Gasteiger partial charge in [0.05, 0.1) is 22.6 Å². The van der Waals surface area contributed by atoms with Gasteiger partial charge in [-0.2, -0.15) is 5.10 Å². The molecular formula is C14H17ClN4O3. The van der Waals surface area contributed by atoms with E-state index in [1.807, 2.05) is 6.92 Å². The highest BCUT2D eigenvalue weighted by Gasteiger charge is 2.21. The topological polar surface area (TPSA) is 91.4 Å².